The molecule has 8 nitrogen and oxygen atoms in total. The molecule has 5 rings (SSSR count). The topological polar surface area (TPSA) is 92.7 Å². The fraction of sp³-hybridized carbons (Fsp3) is 0.343. The molecule has 1 aliphatic carbocycles. The van der Waals surface area contributed by atoms with E-state index in [1.165, 1.54) is 0 Å². The lowest BCUT2D eigenvalue weighted by atomic mass is 9.69. The Morgan fingerprint density at radius 2 is 1.60 bits per heavy atom. The van der Waals surface area contributed by atoms with Gasteiger partial charge in [-0.1, -0.05) is 54.6 Å². The van der Waals surface area contributed by atoms with Crippen LogP contribution in [0.2, 0.25) is 0 Å². The maximum atomic E-state index is 14.1. The molecule has 1 aliphatic heterocycles. The smallest absolute Gasteiger partial charge is 0.315 e. The van der Waals surface area contributed by atoms with Gasteiger partial charge in [-0.3, -0.25) is 14.6 Å². The maximum absolute atomic E-state index is 14.1. The lowest BCUT2D eigenvalue weighted by Crippen LogP contribution is -2.38. The van der Waals surface area contributed by atoms with Crippen LogP contribution in [0, 0.1) is 5.92 Å². The number of methoxy groups -OCH3 is 3. The van der Waals surface area contributed by atoms with Crippen LogP contribution in [0.25, 0.3) is 0 Å². The summed E-state index contributed by atoms with van der Waals surface area (Å²) in [5.41, 5.74) is 4.58. The third kappa shape index (κ3) is 6.49. The van der Waals surface area contributed by atoms with Gasteiger partial charge in [-0.15, -0.1) is 0 Å². The summed E-state index contributed by atoms with van der Waals surface area (Å²) in [5.74, 6) is -0.122. The van der Waals surface area contributed by atoms with E-state index in [4.69, 9.17) is 28.7 Å². The van der Waals surface area contributed by atoms with Crippen LogP contribution in [0.5, 0.6) is 17.2 Å². The number of Topliss-reactive ketones (excluding diaryl/α,β-unsaturated/α-hetero) is 1. The lowest BCUT2D eigenvalue weighted by Gasteiger charge is -2.37. The standard InChI is InChI=1S/C35H37NO7/c1-22-32(35(38)42-17-16-39-2)33(26-12-8-9-13-29(26)43-21-23-10-6-5-7-11-23)34-27(36-22)18-25(19-28(34)37)24-14-15-30(40-3)31(20-24)41-4/h5-15,20,25,32-33H,16-19,21H2,1-4H3/t25-,32?,33-/m0/s1. The molecule has 43 heavy (non-hydrogen) atoms. The molecule has 8 heteroatoms. The zero-order chi connectivity index (χ0) is 30.3. The molecule has 224 valence electrons. The molecule has 3 atom stereocenters. The van der Waals surface area contributed by atoms with Crippen molar-refractivity contribution >= 4 is 17.5 Å². The Morgan fingerprint density at radius 3 is 2.35 bits per heavy atom. The fourth-order valence-corrected chi connectivity index (χ4v) is 5.96. The summed E-state index contributed by atoms with van der Waals surface area (Å²) >= 11 is 0. The van der Waals surface area contributed by atoms with E-state index in [2.05, 4.69) is 0 Å². The highest BCUT2D eigenvalue weighted by molar-refractivity contribution is 6.09. The van der Waals surface area contributed by atoms with Crippen LogP contribution in [0.15, 0.2) is 89.1 Å². The maximum Gasteiger partial charge on any atom is 0.315 e. The van der Waals surface area contributed by atoms with Gasteiger partial charge in [0.2, 0.25) is 0 Å². The number of carbonyl (C=O) groups excluding carboxylic acids is 2. The minimum absolute atomic E-state index is 0.0464. The van der Waals surface area contributed by atoms with Gasteiger partial charge in [0.05, 0.1) is 20.8 Å². The van der Waals surface area contributed by atoms with Gasteiger partial charge >= 0.3 is 5.97 Å². The molecule has 0 bridgehead atoms. The molecule has 0 aromatic heterocycles. The van der Waals surface area contributed by atoms with Gasteiger partial charge in [0, 0.05) is 42.0 Å². The van der Waals surface area contributed by atoms with Gasteiger partial charge in [0.1, 0.15) is 24.9 Å². The minimum atomic E-state index is -0.779. The van der Waals surface area contributed by atoms with Gasteiger partial charge in [-0.2, -0.15) is 0 Å². The van der Waals surface area contributed by atoms with Crippen LogP contribution in [0.1, 0.15) is 48.3 Å². The summed E-state index contributed by atoms with van der Waals surface area (Å²) in [4.78, 5) is 32.6. The first-order chi connectivity index (χ1) is 20.9. The largest absolute Gasteiger partial charge is 0.493 e. The first kappa shape index (κ1) is 30.0. The zero-order valence-electron chi connectivity index (χ0n) is 25.0. The number of aliphatic imine (C=N–C) groups is 1. The van der Waals surface area contributed by atoms with E-state index in [9.17, 15) is 9.59 Å². The third-order valence-corrected chi connectivity index (χ3v) is 8.04. The van der Waals surface area contributed by atoms with Gasteiger partial charge < -0.3 is 23.7 Å². The summed E-state index contributed by atoms with van der Waals surface area (Å²) in [6.07, 6.45) is 0.820. The van der Waals surface area contributed by atoms with E-state index in [0.717, 1.165) is 16.7 Å². The number of ether oxygens (including phenoxy) is 5. The van der Waals surface area contributed by atoms with Crippen LogP contribution in [-0.2, 0) is 25.7 Å². The van der Waals surface area contributed by atoms with E-state index >= 15 is 0 Å². The van der Waals surface area contributed by atoms with Crippen molar-refractivity contribution in [1.29, 1.82) is 0 Å². The number of nitrogens with zero attached hydrogens (tertiary/aromatic N) is 1. The molecular weight excluding hydrogens is 546 g/mol. The molecule has 3 aromatic carbocycles. The molecule has 1 unspecified atom stereocenters. The number of hydrogen-bond acceptors (Lipinski definition) is 8. The highest BCUT2D eigenvalue weighted by Gasteiger charge is 2.45. The Kier molecular flexibility index (Phi) is 9.57. The van der Waals surface area contributed by atoms with Gasteiger partial charge in [-0.25, -0.2) is 0 Å². The van der Waals surface area contributed by atoms with E-state index in [-0.39, 0.29) is 31.3 Å². The van der Waals surface area contributed by atoms with Gasteiger partial charge in [0.15, 0.2) is 17.3 Å². The number of ketones is 1. The van der Waals surface area contributed by atoms with E-state index < -0.39 is 17.8 Å². The Morgan fingerprint density at radius 1 is 0.860 bits per heavy atom. The Hall–Kier alpha value is -4.43. The highest BCUT2D eigenvalue weighted by atomic mass is 16.6. The number of esters is 1. The molecule has 1 heterocycles. The molecule has 0 N–H and O–H groups in total. The molecule has 2 aliphatic rings. The molecule has 0 saturated carbocycles. The molecule has 3 aromatic rings. The number of benzene rings is 3. The van der Waals surface area contributed by atoms with Crippen molar-refractivity contribution in [3.8, 4) is 17.2 Å². The first-order valence-electron chi connectivity index (χ1n) is 14.4. The number of para-hydroxylation sites is 1. The van der Waals surface area contributed by atoms with Gasteiger partial charge in [-0.05, 0) is 48.6 Å². The van der Waals surface area contributed by atoms with Crippen molar-refractivity contribution in [2.24, 2.45) is 10.9 Å². The fourth-order valence-electron chi connectivity index (χ4n) is 5.96. The van der Waals surface area contributed by atoms with Crippen molar-refractivity contribution in [3.63, 3.8) is 0 Å². The summed E-state index contributed by atoms with van der Waals surface area (Å²) in [7, 11) is 4.74. The number of carbonyl (C=O) groups is 2. The van der Waals surface area contributed by atoms with E-state index in [1.54, 1.807) is 21.3 Å². The van der Waals surface area contributed by atoms with Crippen LogP contribution < -0.4 is 14.2 Å². The normalized spacial score (nSPS) is 19.8. The number of hydrogen-bond donors (Lipinski definition) is 0. The van der Waals surface area contributed by atoms with Gasteiger partial charge in [0.25, 0.3) is 0 Å². The second-order valence-corrected chi connectivity index (χ2v) is 10.7. The van der Waals surface area contributed by atoms with Crippen molar-refractivity contribution < 1.29 is 33.3 Å². The van der Waals surface area contributed by atoms with E-state index in [1.807, 2.05) is 79.7 Å². The predicted molar refractivity (Wildman–Crippen MR) is 163 cm³/mol. The van der Waals surface area contributed by atoms with Crippen molar-refractivity contribution in [2.45, 2.75) is 38.2 Å². The Bertz CT molecular complexity index is 1530. The average molecular weight is 584 g/mol. The van der Waals surface area contributed by atoms with Crippen LogP contribution >= 0.6 is 0 Å². The average Bonchev–Trinajstić information content (AvgIpc) is 3.03. The molecular formula is C35H37NO7. The Balaban J connectivity index is 1.54. The molecule has 0 spiro atoms. The molecule has 0 radical (unpaired) electrons. The Labute approximate surface area is 252 Å². The van der Waals surface area contributed by atoms with Crippen LogP contribution in [0.4, 0.5) is 0 Å². The summed E-state index contributed by atoms with van der Waals surface area (Å²) < 4.78 is 28.0. The number of rotatable bonds is 11. The van der Waals surface area contributed by atoms with Crippen molar-refractivity contribution in [2.75, 3.05) is 34.5 Å². The van der Waals surface area contributed by atoms with Crippen molar-refractivity contribution in [3.05, 3.63) is 101 Å². The molecule has 0 amide bonds. The quantitative estimate of drug-likeness (QED) is 0.201. The SMILES string of the molecule is COCCOC(=O)C1C(C)=NC2=C(C(=O)C[C@@H](c3ccc(OC)c(OC)c3)C2)[C@H]1c1ccccc1OCc1ccccc1. The molecule has 0 saturated heterocycles. The van der Waals surface area contributed by atoms with Crippen LogP contribution in [0.3, 0.4) is 0 Å². The second kappa shape index (κ2) is 13.7. The monoisotopic (exact) mass is 583 g/mol. The van der Waals surface area contributed by atoms with E-state index in [0.29, 0.717) is 47.3 Å². The highest BCUT2D eigenvalue weighted by Crippen LogP contribution is 2.49. The minimum Gasteiger partial charge on any atom is -0.493 e. The van der Waals surface area contributed by atoms with Crippen molar-refractivity contribution in [1.82, 2.24) is 0 Å². The number of allylic oxidation sites excluding steroid dienone is 2. The summed E-state index contributed by atoms with van der Waals surface area (Å²) in [6.45, 7) is 2.56. The second-order valence-electron chi connectivity index (χ2n) is 10.7. The summed E-state index contributed by atoms with van der Waals surface area (Å²) in [5, 5.41) is 0. The predicted octanol–water partition coefficient (Wildman–Crippen LogP) is 6.05. The summed E-state index contributed by atoms with van der Waals surface area (Å²) in [6, 6.07) is 23.2. The third-order valence-electron chi connectivity index (χ3n) is 8.04. The molecule has 0 fully saturated rings. The lowest BCUT2D eigenvalue weighted by molar-refractivity contribution is -0.147. The first-order valence-corrected chi connectivity index (χ1v) is 14.4. The zero-order valence-corrected chi connectivity index (χ0v) is 25.0. The van der Waals surface area contributed by atoms with Crippen LogP contribution in [-0.4, -0.2) is 52.0 Å².